The second kappa shape index (κ2) is 10.5. The third-order valence-electron chi connectivity index (χ3n) is 6.69. The lowest BCUT2D eigenvalue weighted by Gasteiger charge is -2.35. The quantitative estimate of drug-likeness (QED) is 0.614. The van der Waals surface area contributed by atoms with Gasteiger partial charge in [0.25, 0.3) is 0 Å². The zero-order valence-electron chi connectivity index (χ0n) is 21.1. The molecule has 0 spiro atoms. The molecule has 4 atom stereocenters. The van der Waals surface area contributed by atoms with Crippen molar-refractivity contribution in [3.05, 3.63) is 65.6 Å². The van der Waals surface area contributed by atoms with E-state index in [2.05, 4.69) is 15.3 Å². The second-order valence-corrected chi connectivity index (χ2v) is 10.4. The minimum absolute atomic E-state index is 0.00885. The number of rotatable bonds is 6. The Morgan fingerprint density at radius 3 is 2.68 bits per heavy atom. The monoisotopic (exact) mass is 506 g/mol. The van der Waals surface area contributed by atoms with E-state index in [-0.39, 0.29) is 23.9 Å². The molecule has 2 bridgehead atoms. The molecular weight excluding hydrogens is 475 g/mol. The summed E-state index contributed by atoms with van der Waals surface area (Å²) < 4.78 is 20.6. The molecule has 3 N–H and O–H groups in total. The number of benzene rings is 1. The molecule has 10 heteroatoms. The van der Waals surface area contributed by atoms with Crippen LogP contribution in [0.15, 0.2) is 42.9 Å². The van der Waals surface area contributed by atoms with Gasteiger partial charge in [-0.05, 0) is 69.2 Å². The van der Waals surface area contributed by atoms with Gasteiger partial charge in [-0.15, -0.1) is 0 Å². The Balaban J connectivity index is 1.46. The number of nitrogens with one attached hydrogen (secondary N) is 1. The third kappa shape index (κ3) is 5.71. The maximum absolute atomic E-state index is 15.0. The number of nitrogens with zero attached hydrogens (tertiary/aromatic N) is 4. The highest BCUT2D eigenvalue weighted by atomic mass is 19.1. The van der Waals surface area contributed by atoms with Crippen molar-refractivity contribution in [2.75, 3.05) is 0 Å². The van der Waals surface area contributed by atoms with Gasteiger partial charge >= 0.3 is 6.09 Å². The largest absolute Gasteiger partial charge is 0.444 e. The van der Waals surface area contributed by atoms with E-state index >= 15 is 4.39 Å². The number of carbonyl (C=O) groups is 2. The Kier molecular flexibility index (Phi) is 7.43. The Morgan fingerprint density at radius 2 is 2.05 bits per heavy atom. The summed E-state index contributed by atoms with van der Waals surface area (Å²) in [6.07, 6.45) is 6.26. The topological polar surface area (TPSA) is 134 Å². The summed E-state index contributed by atoms with van der Waals surface area (Å²) in [5.41, 5.74) is 6.27. The summed E-state index contributed by atoms with van der Waals surface area (Å²) in [4.78, 5) is 35.9. The fourth-order valence-electron chi connectivity index (χ4n) is 5.13. The number of fused-ring (bicyclic) bond motifs is 2. The minimum Gasteiger partial charge on any atom is -0.444 e. The van der Waals surface area contributed by atoms with Crippen molar-refractivity contribution in [1.29, 1.82) is 5.26 Å². The highest BCUT2D eigenvalue weighted by Gasteiger charge is 2.52. The maximum Gasteiger partial charge on any atom is 0.411 e. The van der Waals surface area contributed by atoms with E-state index in [1.807, 2.05) is 6.07 Å². The van der Waals surface area contributed by atoms with Crippen molar-refractivity contribution in [1.82, 2.24) is 20.2 Å². The fraction of sp³-hybridized carbons (Fsp3) is 0.444. The van der Waals surface area contributed by atoms with Crippen LogP contribution in [0.4, 0.5) is 9.18 Å². The molecule has 2 heterocycles. The molecule has 2 amide bonds. The summed E-state index contributed by atoms with van der Waals surface area (Å²) in [6.45, 7) is 5.33. The smallest absolute Gasteiger partial charge is 0.411 e. The predicted molar refractivity (Wildman–Crippen MR) is 134 cm³/mol. The van der Waals surface area contributed by atoms with Crippen molar-refractivity contribution in [3.8, 4) is 6.07 Å². The van der Waals surface area contributed by atoms with E-state index in [0.29, 0.717) is 17.0 Å². The van der Waals surface area contributed by atoms with E-state index in [4.69, 9.17) is 10.5 Å². The van der Waals surface area contributed by atoms with Gasteiger partial charge in [-0.2, -0.15) is 5.26 Å². The number of halogens is 1. The number of ether oxygens (including phenoxy) is 1. The van der Waals surface area contributed by atoms with Crippen LogP contribution in [0.3, 0.4) is 0 Å². The van der Waals surface area contributed by atoms with Gasteiger partial charge in [0, 0.05) is 36.6 Å². The number of amides is 2. The molecule has 1 aliphatic carbocycles. The molecule has 4 rings (SSSR count). The van der Waals surface area contributed by atoms with Crippen LogP contribution in [0.1, 0.15) is 57.0 Å². The van der Waals surface area contributed by atoms with Gasteiger partial charge < -0.3 is 15.8 Å². The molecule has 1 aromatic heterocycles. The molecule has 1 saturated heterocycles. The van der Waals surface area contributed by atoms with Gasteiger partial charge in [-0.3, -0.25) is 9.69 Å². The summed E-state index contributed by atoms with van der Waals surface area (Å²) in [7, 11) is 0. The van der Waals surface area contributed by atoms with E-state index in [0.717, 1.165) is 19.3 Å². The van der Waals surface area contributed by atoms with Crippen LogP contribution in [0, 0.1) is 23.1 Å². The first-order valence-corrected chi connectivity index (χ1v) is 12.3. The molecule has 0 radical (unpaired) electrons. The normalized spacial score (nSPS) is 21.9. The standard InChI is InChI=1S/C27H31FN6O3/c1-27(2,3)37-26(36)34-20-8-7-18(12-20)23(34)25(35)33-19(14-29)11-17-6-5-16(13-22(17)28)21(15-30)24-31-9-4-10-32-24/h4-6,9-10,13,15,18-20,23H,7-8,11-12,30H2,1-3H3,(H,33,35)/t18-,19-,20+,23-/m0/s1. The number of hydrogen-bond acceptors (Lipinski definition) is 7. The summed E-state index contributed by atoms with van der Waals surface area (Å²) in [5.74, 6) is -0.594. The Morgan fingerprint density at radius 1 is 1.32 bits per heavy atom. The van der Waals surface area contributed by atoms with Crippen LogP contribution in [-0.2, 0) is 16.0 Å². The Labute approximate surface area is 215 Å². The predicted octanol–water partition coefficient (Wildman–Crippen LogP) is 3.30. The molecule has 37 heavy (non-hydrogen) atoms. The SMILES string of the molecule is CC(C)(C)OC(=O)N1[C@@H]2CC[C@@H](C2)[C@H]1C(=O)N[C@H](C#N)Cc1ccc(C(=CN)c2ncccn2)cc1F. The van der Waals surface area contributed by atoms with Crippen LogP contribution in [-0.4, -0.2) is 50.6 Å². The Bertz CT molecular complexity index is 1240. The number of nitriles is 1. The molecule has 9 nitrogen and oxygen atoms in total. The van der Waals surface area contributed by atoms with Gasteiger partial charge in [0.15, 0.2) is 5.82 Å². The van der Waals surface area contributed by atoms with E-state index < -0.39 is 35.5 Å². The zero-order chi connectivity index (χ0) is 26.7. The number of piperidine rings is 1. The molecule has 1 saturated carbocycles. The number of hydrogen-bond donors (Lipinski definition) is 2. The van der Waals surface area contributed by atoms with Crippen molar-refractivity contribution in [3.63, 3.8) is 0 Å². The molecule has 0 unspecified atom stereocenters. The third-order valence-corrected chi connectivity index (χ3v) is 6.69. The van der Waals surface area contributed by atoms with Crippen molar-refractivity contribution in [2.24, 2.45) is 11.7 Å². The van der Waals surface area contributed by atoms with E-state index in [1.165, 1.54) is 17.2 Å². The molecule has 194 valence electrons. The minimum atomic E-state index is -0.977. The zero-order valence-corrected chi connectivity index (χ0v) is 21.1. The Hall–Kier alpha value is -4.00. The van der Waals surface area contributed by atoms with Crippen LogP contribution in [0.5, 0.6) is 0 Å². The number of carbonyl (C=O) groups excluding carboxylic acids is 2. The van der Waals surface area contributed by atoms with Crippen molar-refractivity contribution in [2.45, 2.75) is 70.2 Å². The second-order valence-electron chi connectivity index (χ2n) is 10.4. The first-order valence-electron chi connectivity index (χ1n) is 12.3. The first kappa shape index (κ1) is 26.1. The lowest BCUT2D eigenvalue weighted by Crippen LogP contribution is -2.55. The lowest BCUT2D eigenvalue weighted by molar-refractivity contribution is -0.128. The highest BCUT2D eigenvalue weighted by molar-refractivity contribution is 5.87. The summed E-state index contributed by atoms with van der Waals surface area (Å²) >= 11 is 0. The van der Waals surface area contributed by atoms with Gasteiger partial charge in [0.05, 0.1) is 6.07 Å². The lowest BCUT2D eigenvalue weighted by atomic mass is 9.97. The number of likely N-dealkylation sites (tertiary alicyclic amines) is 1. The van der Waals surface area contributed by atoms with Crippen molar-refractivity contribution >= 4 is 17.6 Å². The van der Waals surface area contributed by atoms with E-state index in [9.17, 15) is 14.9 Å². The maximum atomic E-state index is 15.0. The van der Waals surface area contributed by atoms with E-state index in [1.54, 1.807) is 51.4 Å². The number of aromatic nitrogens is 2. The van der Waals surface area contributed by atoms with Crippen LogP contribution < -0.4 is 11.1 Å². The molecule has 1 aromatic carbocycles. The average molecular weight is 507 g/mol. The molecule has 2 aliphatic rings. The van der Waals surface area contributed by atoms with Crippen molar-refractivity contribution < 1.29 is 18.7 Å². The van der Waals surface area contributed by atoms with Gasteiger partial charge in [0.2, 0.25) is 5.91 Å². The van der Waals surface area contributed by atoms with Gasteiger partial charge in [0.1, 0.15) is 23.5 Å². The molecule has 1 aliphatic heterocycles. The fourth-order valence-corrected chi connectivity index (χ4v) is 5.13. The summed E-state index contributed by atoms with van der Waals surface area (Å²) in [6, 6.07) is 6.50. The first-order chi connectivity index (χ1) is 17.6. The molecular formula is C27H31FN6O3. The van der Waals surface area contributed by atoms with Crippen LogP contribution in [0.2, 0.25) is 0 Å². The number of nitrogens with two attached hydrogens (primary N) is 1. The van der Waals surface area contributed by atoms with Gasteiger partial charge in [-0.1, -0.05) is 12.1 Å². The summed E-state index contributed by atoms with van der Waals surface area (Å²) in [5, 5.41) is 12.4. The van der Waals surface area contributed by atoms with Gasteiger partial charge in [-0.25, -0.2) is 19.2 Å². The van der Waals surface area contributed by atoms with Crippen LogP contribution in [0.25, 0.3) is 5.57 Å². The van der Waals surface area contributed by atoms with Crippen LogP contribution >= 0.6 is 0 Å². The molecule has 2 aromatic rings. The average Bonchev–Trinajstić information content (AvgIpc) is 3.47. The highest BCUT2D eigenvalue weighted by Crippen LogP contribution is 2.43. The molecule has 2 fully saturated rings.